The summed E-state index contributed by atoms with van der Waals surface area (Å²) >= 11 is 0. The van der Waals surface area contributed by atoms with Gasteiger partial charge in [0.25, 0.3) is 0 Å². The van der Waals surface area contributed by atoms with Crippen molar-refractivity contribution in [2.24, 2.45) is 4.99 Å². The molecule has 0 aliphatic heterocycles. The van der Waals surface area contributed by atoms with Crippen LogP contribution in [0.5, 0.6) is 0 Å². The highest BCUT2D eigenvalue weighted by molar-refractivity contribution is 14.0. The number of ether oxygens (including phenoxy) is 1. The van der Waals surface area contributed by atoms with Gasteiger partial charge in [-0.3, -0.25) is 4.99 Å². The van der Waals surface area contributed by atoms with Crippen LogP contribution in [0.25, 0.3) is 0 Å². The number of nitrogens with one attached hydrogen (secondary N) is 2. The molecule has 0 heterocycles. The highest BCUT2D eigenvalue weighted by atomic mass is 127. The van der Waals surface area contributed by atoms with Gasteiger partial charge in [-0.2, -0.15) is 0 Å². The fourth-order valence-corrected chi connectivity index (χ4v) is 1.73. The second-order valence-corrected chi connectivity index (χ2v) is 4.98. The van der Waals surface area contributed by atoms with Gasteiger partial charge in [0.1, 0.15) is 0 Å². The molecule has 0 rings (SSSR count). The summed E-state index contributed by atoms with van der Waals surface area (Å²) in [7, 11) is 2.17. The molecule has 0 bridgehead atoms. The summed E-state index contributed by atoms with van der Waals surface area (Å²) in [4.78, 5) is 6.91. The van der Waals surface area contributed by atoms with Crippen LogP contribution in [-0.2, 0) is 4.74 Å². The van der Waals surface area contributed by atoms with Crippen molar-refractivity contribution in [2.45, 2.75) is 46.6 Å². The number of rotatable bonds is 11. The van der Waals surface area contributed by atoms with Crippen LogP contribution >= 0.6 is 24.0 Å². The van der Waals surface area contributed by atoms with E-state index in [1.165, 1.54) is 6.42 Å². The first-order valence-electron chi connectivity index (χ1n) is 7.95. The molecule has 5 nitrogen and oxygen atoms in total. The van der Waals surface area contributed by atoms with E-state index in [2.05, 4.69) is 48.3 Å². The topological polar surface area (TPSA) is 48.9 Å². The summed E-state index contributed by atoms with van der Waals surface area (Å²) < 4.78 is 5.31. The average Bonchev–Trinajstić information content (AvgIpc) is 2.45. The Labute approximate surface area is 148 Å². The molecule has 6 heteroatoms. The Bertz CT molecular complexity index is 252. The molecule has 1 atom stereocenters. The van der Waals surface area contributed by atoms with Gasteiger partial charge in [-0.25, -0.2) is 0 Å². The first-order valence-corrected chi connectivity index (χ1v) is 7.95. The van der Waals surface area contributed by atoms with Crippen LogP contribution in [0.4, 0.5) is 0 Å². The molecule has 0 saturated carbocycles. The van der Waals surface area contributed by atoms with E-state index < -0.39 is 0 Å². The lowest BCUT2D eigenvalue weighted by Crippen LogP contribution is -2.42. The Balaban J connectivity index is 0. The third kappa shape index (κ3) is 13.3. The predicted octanol–water partition coefficient (Wildman–Crippen LogP) is 2.32. The summed E-state index contributed by atoms with van der Waals surface area (Å²) in [6.07, 6.45) is 2.15. The molecule has 0 saturated heterocycles. The molecule has 0 spiro atoms. The zero-order valence-electron chi connectivity index (χ0n) is 14.4. The molecule has 0 aliphatic carbocycles. The Morgan fingerprint density at radius 1 is 1.24 bits per heavy atom. The van der Waals surface area contributed by atoms with Crippen LogP contribution in [0, 0.1) is 0 Å². The van der Waals surface area contributed by atoms with Crippen LogP contribution in [0.15, 0.2) is 4.99 Å². The largest absolute Gasteiger partial charge is 0.382 e. The van der Waals surface area contributed by atoms with Crippen molar-refractivity contribution < 1.29 is 4.74 Å². The number of likely N-dealkylation sites (N-methyl/N-ethyl adjacent to an activating group) is 1. The molecule has 0 fully saturated rings. The molecule has 21 heavy (non-hydrogen) atoms. The third-order valence-electron chi connectivity index (χ3n) is 3.37. The summed E-state index contributed by atoms with van der Waals surface area (Å²) in [5.74, 6) is 0.904. The summed E-state index contributed by atoms with van der Waals surface area (Å²) in [6, 6.07) is 0.627. The van der Waals surface area contributed by atoms with Crippen LogP contribution in [0.2, 0.25) is 0 Å². The average molecular weight is 414 g/mol. The van der Waals surface area contributed by atoms with Gasteiger partial charge in [0, 0.05) is 45.4 Å². The number of hydrogen-bond donors (Lipinski definition) is 2. The van der Waals surface area contributed by atoms with Crippen molar-refractivity contribution in [3.05, 3.63) is 0 Å². The minimum Gasteiger partial charge on any atom is -0.382 e. The van der Waals surface area contributed by atoms with Gasteiger partial charge in [-0.15, -0.1) is 24.0 Å². The first kappa shape index (κ1) is 23.2. The van der Waals surface area contributed by atoms with Crippen LogP contribution in [-0.4, -0.2) is 63.3 Å². The third-order valence-corrected chi connectivity index (χ3v) is 3.37. The SMILES string of the molecule is CCNC(=NCCCOCC)NCCN(C)C(C)CC.I. The highest BCUT2D eigenvalue weighted by Gasteiger charge is 2.06. The van der Waals surface area contributed by atoms with Crippen LogP contribution in [0.3, 0.4) is 0 Å². The van der Waals surface area contributed by atoms with Crippen LogP contribution in [0.1, 0.15) is 40.5 Å². The molecular weight excluding hydrogens is 379 g/mol. The van der Waals surface area contributed by atoms with Gasteiger partial charge in [-0.1, -0.05) is 6.92 Å². The molecule has 0 aromatic carbocycles. The lowest BCUT2D eigenvalue weighted by molar-refractivity contribution is 0.146. The van der Waals surface area contributed by atoms with Crippen molar-refractivity contribution in [1.29, 1.82) is 0 Å². The monoisotopic (exact) mass is 414 g/mol. The van der Waals surface area contributed by atoms with E-state index in [0.29, 0.717) is 6.04 Å². The van der Waals surface area contributed by atoms with Crippen LogP contribution < -0.4 is 10.6 Å². The first-order chi connectivity index (χ1) is 9.65. The molecule has 1 unspecified atom stereocenters. The van der Waals surface area contributed by atoms with Gasteiger partial charge in [-0.05, 0) is 40.7 Å². The molecule has 2 N–H and O–H groups in total. The maximum absolute atomic E-state index is 5.31. The Kier molecular flexibility index (Phi) is 18.0. The Morgan fingerprint density at radius 3 is 2.52 bits per heavy atom. The van der Waals surface area contributed by atoms with Crippen molar-refractivity contribution in [3.63, 3.8) is 0 Å². The second-order valence-electron chi connectivity index (χ2n) is 4.98. The number of aliphatic imine (C=N–C) groups is 1. The zero-order valence-corrected chi connectivity index (χ0v) is 16.8. The lowest BCUT2D eigenvalue weighted by Gasteiger charge is -2.24. The van der Waals surface area contributed by atoms with Gasteiger partial charge >= 0.3 is 0 Å². The second kappa shape index (κ2) is 16.3. The minimum atomic E-state index is 0. The van der Waals surface area contributed by atoms with E-state index in [9.17, 15) is 0 Å². The highest BCUT2D eigenvalue weighted by Crippen LogP contribution is 1.98. The summed E-state index contributed by atoms with van der Waals surface area (Å²) in [6.45, 7) is 13.8. The Morgan fingerprint density at radius 2 is 1.95 bits per heavy atom. The van der Waals surface area contributed by atoms with Gasteiger partial charge in [0.15, 0.2) is 5.96 Å². The van der Waals surface area contributed by atoms with E-state index in [1.54, 1.807) is 0 Å². The van der Waals surface area contributed by atoms with E-state index in [1.807, 2.05) is 6.92 Å². The molecule has 0 aromatic rings. The smallest absolute Gasteiger partial charge is 0.191 e. The van der Waals surface area contributed by atoms with E-state index in [4.69, 9.17) is 4.74 Å². The van der Waals surface area contributed by atoms with Gasteiger partial charge < -0.3 is 20.3 Å². The standard InChI is InChI=1S/C15H34N4O.HI/c1-6-14(4)19(5)12-11-18-15(16-7-2)17-10-9-13-20-8-3;/h14H,6-13H2,1-5H3,(H2,16,17,18);1H. The van der Waals surface area contributed by atoms with E-state index in [-0.39, 0.29) is 24.0 Å². The van der Waals surface area contributed by atoms with Crippen molar-refractivity contribution in [3.8, 4) is 0 Å². The van der Waals surface area contributed by atoms with Crippen molar-refractivity contribution in [1.82, 2.24) is 15.5 Å². The molecule has 0 aromatic heterocycles. The number of halogens is 1. The van der Waals surface area contributed by atoms with Gasteiger partial charge in [0.05, 0.1) is 0 Å². The molecule has 0 amide bonds. The molecule has 0 radical (unpaired) electrons. The maximum atomic E-state index is 5.31. The number of nitrogens with zero attached hydrogens (tertiary/aromatic N) is 2. The number of hydrogen-bond acceptors (Lipinski definition) is 3. The maximum Gasteiger partial charge on any atom is 0.191 e. The summed E-state index contributed by atoms with van der Waals surface area (Å²) in [5.41, 5.74) is 0. The lowest BCUT2D eigenvalue weighted by atomic mass is 10.2. The summed E-state index contributed by atoms with van der Waals surface area (Å²) in [5, 5.41) is 6.65. The van der Waals surface area contributed by atoms with Crippen molar-refractivity contribution in [2.75, 3.05) is 46.4 Å². The fraction of sp³-hybridized carbons (Fsp3) is 0.933. The molecule has 0 aliphatic rings. The quantitative estimate of drug-likeness (QED) is 0.236. The fourth-order valence-electron chi connectivity index (χ4n) is 1.73. The van der Waals surface area contributed by atoms with Crippen molar-refractivity contribution >= 4 is 29.9 Å². The van der Waals surface area contributed by atoms with E-state index in [0.717, 1.165) is 51.8 Å². The predicted molar refractivity (Wildman–Crippen MR) is 103 cm³/mol. The Hall–Kier alpha value is -0.0800. The number of guanidine groups is 1. The van der Waals surface area contributed by atoms with E-state index >= 15 is 0 Å². The molecular formula is C15H35IN4O. The molecule has 128 valence electrons. The zero-order chi connectivity index (χ0) is 15.2. The minimum absolute atomic E-state index is 0. The normalized spacial score (nSPS) is 13.0. The van der Waals surface area contributed by atoms with Gasteiger partial charge in [0.2, 0.25) is 0 Å².